The maximum atomic E-state index is 12.4. The summed E-state index contributed by atoms with van der Waals surface area (Å²) >= 11 is 0. The van der Waals surface area contributed by atoms with Crippen molar-refractivity contribution in [2.75, 3.05) is 0 Å². The molecule has 0 spiro atoms. The van der Waals surface area contributed by atoms with Gasteiger partial charge in [0.1, 0.15) is 6.04 Å². The van der Waals surface area contributed by atoms with Gasteiger partial charge in [0.25, 0.3) is 6.36 Å². The molecule has 0 saturated carbocycles. The van der Waals surface area contributed by atoms with E-state index in [0.29, 0.717) is 0 Å². The van der Waals surface area contributed by atoms with E-state index in [-0.39, 0.29) is 12.8 Å². The zero-order valence-electron chi connectivity index (χ0n) is 7.48. The van der Waals surface area contributed by atoms with Gasteiger partial charge in [-0.05, 0) is 12.5 Å². The van der Waals surface area contributed by atoms with Gasteiger partial charge in [0.2, 0.25) is 0 Å². The molecule has 0 aliphatic heterocycles. The van der Waals surface area contributed by atoms with Gasteiger partial charge in [-0.2, -0.15) is 4.39 Å². The second-order valence-corrected chi connectivity index (χ2v) is 2.56. The summed E-state index contributed by atoms with van der Waals surface area (Å²) in [4.78, 5) is 21.0. The first-order chi connectivity index (χ1) is 6.47. The second kappa shape index (κ2) is 6.09. The summed E-state index contributed by atoms with van der Waals surface area (Å²) < 4.78 is 16.6. The molecule has 80 valence electrons. The second-order valence-electron chi connectivity index (χ2n) is 2.56. The van der Waals surface area contributed by atoms with Crippen molar-refractivity contribution in [2.24, 2.45) is 5.73 Å². The van der Waals surface area contributed by atoms with E-state index in [9.17, 15) is 14.0 Å². The molecule has 0 rings (SSSR count). The first kappa shape index (κ1) is 12.6. The smallest absolute Gasteiger partial charge is 0.325 e. The Bertz CT molecular complexity index is 231. The van der Waals surface area contributed by atoms with Gasteiger partial charge in [0.15, 0.2) is 0 Å². The Morgan fingerprint density at radius 1 is 1.64 bits per heavy atom. The lowest BCUT2D eigenvalue weighted by atomic mass is 10.2. The van der Waals surface area contributed by atoms with Crippen LogP contribution in [0.15, 0.2) is 12.7 Å². The molecule has 0 heterocycles. The van der Waals surface area contributed by atoms with Crippen LogP contribution >= 0.6 is 0 Å². The third-order valence-electron chi connectivity index (χ3n) is 1.39. The lowest BCUT2D eigenvalue weighted by molar-refractivity contribution is -0.155. The van der Waals surface area contributed by atoms with E-state index in [2.05, 4.69) is 11.3 Å². The summed E-state index contributed by atoms with van der Waals surface area (Å²) in [5.41, 5.74) is 5.23. The highest BCUT2D eigenvalue weighted by Gasteiger charge is 2.18. The third kappa shape index (κ3) is 5.26. The molecule has 3 N–H and O–H groups in total. The molecular formula is C8H12FNO4. The van der Waals surface area contributed by atoms with Crippen LogP contribution in [0.25, 0.3) is 0 Å². The van der Waals surface area contributed by atoms with Crippen molar-refractivity contribution in [1.29, 1.82) is 0 Å². The van der Waals surface area contributed by atoms with Crippen molar-refractivity contribution >= 4 is 11.9 Å². The number of esters is 1. The number of aliphatic carboxylic acids is 1. The molecule has 14 heavy (non-hydrogen) atoms. The van der Waals surface area contributed by atoms with Crippen molar-refractivity contribution in [3.05, 3.63) is 12.7 Å². The van der Waals surface area contributed by atoms with E-state index in [0.717, 1.165) is 6.08 Å². The topological polar surface area (TPSA) is 89.6 Å². The summed E-state index contributed by atoms with van der Waals surface area (Å²) in [6.07, 6.45) is -1.46. The van der Waals surface area contributed by atoms with Gasteiger partial charge in [-0.15, -0.1) is 0 Å². The highest BCUT2D eigenvalue weighted by atomic mass is 19.1. The molecule has 0 saturated heterocycles. The van der Waals surface area contributed by atoms with Crippen LogP contribution in [-0.4, -0.2) is 29.4 Å². The van der Waals surface area contributed by atoms with Crippen molar-refractivity contribution < 1.29 is 23.8 Å². The standard InChI is InChI=1S/C8H12FNO4/c1-2-6(9)14-8(13)5(10)3-4-7(11)12/h2,5-6H,1,3-4,10H2,(H,11,12). The van der Waals surface area contributed by atoms with Crippen molar-refractivity contribution in [2.45, 2.75) is 25.2 Å². The Labute approximate surface area is 80.3 Å². The quantitative estimate of drug-likeness (QED) is 0.477. The van der Waals surface area contributed by atoms with Crippen molar-refractivity contribution in [3.63, 3.8) is 0 Å². The molecule has 2 unspecified atom stereocenters. The molecular weight excluding hydrogens is 193 g/mol. The Morgan fingerprint density at radius 2 is 2.21 bits per heavy atom. The molecule has 0 bridgehead atoms. The molecule has 0 radical (unpaired) electrons. The summed E-state index contributed by atoms with van der Waals surface area (Å²) in [6.45, 7) is 3.06. The number of hydrogen-bond acceptors (Lipinski definition) is 4. The van der Waals surface area contributed by atoms with Crippen molar-refractivity contribution in [3.8, 4) is 0 Å². The molecule has 0 aromatic carbocycles. The van der Waals surface area contributed by atoms with E-state index in [1.165, 1.54) is 0 Å². The largest absolute Gasteiger partial charge is 0.481 e. The van der Waals surface area contributed by atoms with Crippen LogP contribution in [0.2, 0.25) is 0 Å². The van der Waals surface area contributed by atoms with Crippen LogP contribution in [0.4, 0.5) is 4.39 Å². The van der Waals surface area contributed by atoms with E-state index in [4.69, 9.17) is 10.8 Å². The molecule has 0 aliphatic carbocycles. The van der Waals surface area contributed by atoms with Crippen LogP contribution < -0.4 is 5.73 Å². The Balaban J connectivity index is 3.87. The summed E-state index contributed by atoms with van der Waals surface area (Å²) in [6, 6.07) is -1.12. The molecule has 0 aliphatic rings. The minimum Gasteiger partial charge on any atom is -0.481 e. The van der Waals surface area contributed by atoms with E-state index >= 15 is 0 Å². The summed E-state index contributed by atoms with van der Waals surface area (Å²) in [5.74, 6) is -2.05. The number of rotatable bonds is 6. The van der Waals surface area contributed by atoms with Crippen LogP contribution in [-0.2, 0) is 14.3 Å². The predicted molar refractivity (Wildman–Crippen MR) is 46.0 cm³/mol. The summed E-state index contributed by atoms with van der Waals surface area (Å²) in [7, 11) is 0. The SMILES string of the molecule is C=CC(F)OC(=O)C(N)CCC(=O)O. The fraction of sp³-hybridized carbons (Fsp3) is 0.500. The molecule has 0 aromatic rings. The first-order valence-corrected chi connectivity index (χ1v) is 3.92. The number of halogens is 1. The minimum atomic E-state index is -1.90. The maximum Gasteiger partial charge on any atom is 0.325 e. The first-order valence-electron chi connectivity index (χ1n) is 3.92. The number of carboxylic acids is 1. The number of carbonyl (C=O) groups excluding carboxylic acids is 1. The van der Waals surface area contributed by atoms with Crippen LogP contribution in [0.5, 0.6) is 0 Å². The molecule has 0 aromatic heterocycles. The molecule has 5 nitrogen and oxygen atoms in total. The molecule has 0 amide bonds. The average Bonchev–Trinajstić information content (AvgIpc) is 2.13. The van der Waals surface area contributed by atoms with Crippen LogP contribution in [0.1, 0.15) is 12.8 Å². The van der Waals surface area contributed by atoms with Gasteiger partial charge in [-0.1, -0.05) is 6.58 Å². The number of carboxylic acid groups (broad SMARTS) is 1. The number of ether oxygens (including phenoxy) is 1. The fourth-order valence-electron chi connectivity index (χ4n) is 0.643. The number of alkyl halides is 1. The molecule has 2 atom stereocenters. The van der Waals surface area contributed by atoms with Crippen LogP contribution in [0, 0.1) is 0 Å². The van der Waals surface area contributed by atoms with Gasteiger partial charge in [-0.3, -0.25) is 9.59 Å². The fourth-order valence-corrected chi connectivity index (χ4v) is 0.643. The van der Waals surface area contributed by atoms with Gasteiger partial charge >= 0.3 is 11.9 Å². The maximum absolute atomic E-state index is 12.4. The average molecular weight is 205 g/mol. The third-order valence-corrected chi connectivity index (χ3v) is 1.39. The summed E-state index contributed by atoms with van der Waals surface area (Å²) in [5, 5.41) is 8.27. The Morgan fingerprint density at radius 3 is 2.64 bits per heavy atom. The number of carbonyl (C=O) groups is 2. The predicted octanol–water partition coefficient (Wildman–Crippen LogP) is 0.203. The van der Waals surface area contributed by atoms with Crippen LogP contribution in [0.3, 0.4) is 0 Å². The van der Waals surface area contributed by atoms with Gasteiger partial charge in [0, 0.05) is 6.42 Å². The number of hydrogen-bond donors (Lipinski definition) is 2. The monoisotopic (exact) mass is 205 g/mol. The molecule has 0 fully saturated rings. The van der Waals surface area contributed by atoms with E-state index in [1.54, 1.807) is 0 Å². The lowest BCUT2D eigenvalue weighted by Gasteiger charge is -2.10. The lowest BCUT2D eigenvalue weighted by Crippen LogP contribution is -2.34. The van der Waals surface area contributed by atoms with E-state index < -0.39 is 24.3 Å². The van der Waals surface area contributed by atoms with E-state index in [1.807, 2.05) is 0 Å². The number of nitrogens with two attached hydrogens (primary N) is 1. The van der Waals surface area contributed by atoms with Gasteiger partial charge in [-0.25, -0.2) is 0 Å². The normalized spacial score (nSPS) is 14.1. The van der Waals surface area contributed by atoms with Gasteiger partial charge < -0.3 is 15.6 Å². The Kier molecular flexibility index (Phi) is 5.47. The highest BCUT2D eigenvalue weighted by molar-refractivity contribution is 5.76. The zero-order valence-corrected chi connectivity index (χ0v) is 7.48. The minimum absolute atomic E-state index is 0.0853. The molecule has 6 heteroatoms. The highest BCUT2D eigenvalue weighted by Crippen LogP contribution is 2.01. The van der Waals surface area contributed by atoms with Crippen molar-refractivity contribution in [1.82, 2.24) is 0 Å². The van der Waals surface area contributed by atoms with Gasteiger partial charge in [0.05, 0.1) is 0 Å². The zero-order chi connectivity index (χ0) is 11.1. The Hall–Kier alpha value is -1.43.